The molecule has 0 aliphatic carbocycles. The minimum atomic E-state index is -0.397. The third kappa shape index (κ3) is 2.59. The van der Waals surface area contributed by atoms with Crippen molar-refractivity contribution < 1.29 is 9.72 Å². The van der Waals surface area contributed by atoms with E-state index in [0.717, 1.165) is 21.7 Å². The second-order valence-electron chi connectivity index (χ2n) is 4.54. The molecule has 0 bridgehead atoms. The van der Waals surface area contributed by atoms with Gasteiger partial charge in [0.25, 0.3) is 11.6 Å². The Kier molecular flexibility index (Phi) is 3.56. The summed E-state index contributed by atoms with van der Waals surface area (Å²) in [6.07, 6.45) is 0. The van der Waals surface area contributed by atoms with Gasteiger partial charge in [0.2, 0.25) is 0 Å². The average Bonchev–Trinajstić information content (AvgIpc) is 3.05. The zero-order valence-electron chi connectivity index (χ0n) is 11.0. The van der Waals surface area contributed by atoms with Gasteiger partial charge in [-0.3, -0.25) is 23.9 Å². The number of nitro benzene ring substituents is 1. The quantitative estimate of drug-likeness (QED) is 0.534. The fraction of sp³-hybridized carbons (Fsp3) is 0.154. The maximum atomic E-state index is 11.3. The van der Waals surface area contributed by atoms with E-state index < -0.39 is 4.92 Å². The normalized spacial score (nSPS) is 14.3. The van der Waals surface area contributed by atoms with Crippen molar-refractivity contribution in [3.63, 3.8) is 0 Å². The Morgan fingerprint density at radius 2 is 2.24 bits per heavy atom. The highest BCUT2D eigenvalue weighted by Gasteiger charge is 2.24. The third-order valence-electron chi connectivity index (χ3n) is 3.16. The topological polar surface area (TPSA) is 75.5 Å². The van der Waals surface area contributed by atoms with Gasteiger partial charge in [-0.2, -0.15) is 0 Å². The van der Waals surface area contributed by atoms with E-state index in [1.54, 1.807) is 12.1 Å². The van der Waals surface area contributed by atoms with Crippen LogP contribution in [0, 0.1) is 17.0 Å². The molecule has 0 spiro atoms. The first kappa shape index (κ1) is 13.9. The van der Waals surface area contributed by atoms with Gasteiger partial charge in [-0.05, 0) is 18.1 Å². The van der Waals surface area contributed by atoms with Crippen LogP contribution in [0.2, 0.25) is 0 Å². The second kappa shape index (κ2) is 5.38. The Bertz CT molecular complexity index is 729. The fourth-order valence-electron chi connectivity index (χ4n) is 2.13. The molecule has 8 heteroatoms. The highest BCUT2D eigenvalue weighted by atomic mass is 32.2. The van der Waals surface area contributed by atoms with E-state index in [0.29, 0.717) is 6.54 Å². The summed E-state index contributed by atoms with van der Waals surface area (Å²) in [6, 6.07) is 6.59. The zero-order chi connectivity index (χ0) is 15.0. The van der Waals surface area contributed by atoms with Gasteiger partial charge in [-0.25, -0.2) is 0 Å². The predicted molar refractivity (Wildman–Crippen MR) is 84.2 cm³/mol. The number of rotatable bonds is 3. The van der Waals surface area contributed by atoms with Crippen LogP contribution in [-0.2, 0) is 4.79 Å². The summed E-state index contributed by atoms with van der Waals surface area (Å²) >= 11 is 2.79. The van der Waals surface area contributed by atoms with E-state index in [4.69, 9.17) is 0 Å². The van der Waals surface area contributed by atoms with E-state index in [-0.39, 0.29) is 11.6 Å². The SMILES string of the molecule is Cc1c(N2CC(=O)NS2)csc1-c1cccc([N+](=O)[O-])c1. The lowest BCUT2D eigenvalue weighted by atomic mass is 10.1. The fourth-order valence-corrected chi connectivity index (χ4v) is 4.03. The molecular weight excluding hydrogens is 310 g/mol. The van der Waals surface area contributed by atoms with E-state index in [9.17, 15) is 14.9 Å². The molecule has 2 heterocycles. The number of nitro groups is 1. The van der Waals surface area contributed by atoms with Crippen molar-refractivity contribution in [2.45, 2.75) is 6.92 Å². The number of amides is 1. The molecule has 1 aliphatic heterocycles. The number of anilines is 1. The molecule has 0 atom stereocenters. The van der Waals surface area contributed by atoms with Gasteiger partial charge < -0.3 is 0 Å². The minimum absolute atomic E-state index is 0.0255. The molecule has 2 aromatic rings. The van der Waals surface area contributed by atoms with Gasteiger partial charge in [0.05, 0.1) is 22.7 Å². The Balaban J connectivity index is 1.97. The predicted octanol–water partition coefficient (Wildman–Crippen LogP) is 3.13. The van der Waals surface area contributed by atoms with Crippen LogP contribution in [0.4, 0.5) is 11.4 Å². The van der Waals surface area contributed by atoms with Crippen LogP contribution in [0.1, 0.15) is 5.56 Å². The molecule has 1 aromatic heterocycles. The Hall–Kier alpha value is -2.06. The number of carbonyl (C=O) groups excluding carboxylic acids is 1. The molecule has 0 saturated carbocycles. The summed E-state index contributed by atoms with van der Waals surface area (Å²) in [5.74, 6) is -0.0255. The van der Waals surface area contributed by atoms with E-state index in [2.05, 4.69) is 4.72 Å². The van der Waals surface area contributed by atoms with E-state index >= 15 is 0 Å². The molecule has 21 heavy (non-hydrogen) atoms. The Morgan fingerprint density at radius 1 is 1.43 bits per heavy atom. The summed E-state index contributed by atoms with van der Waals surface area (Å²) < 4.78 is 4.57. The lowest BCUT2D eigenvalue weighted by Crippen LogP contribution is -2.15. The summed E-state index contributed by atoms with van der Waals surface area (Å²) in [5, 5.41) is 12.8. The van der Waals surface area contributed by atoms with Crippen molar-refractivity contribution in [2.24, 2.45) is 0 Å². The van der Waals surface area contributed by atoms with Gasteiger partial charge in [0.1, 0.15) is 6.54 Å². The van der Waals surface area contributed by atoms with Gasteiger partial charge in [-0.1, -0.05) is 12.1 Å². The summed E-state index contributed by atoms with van der Waals surface area (Å²) in [6.45, 7) is 2.28. The lowest BCUT2D eigenvalue weighted by molar-refractivity contribution is -0.384. The van der Waals surface area contributed by atoms with Crippen LogP contribution in [0.5, 0.6) is 0 Å². The number of hydrogen-bond donors (Lipinski definition) is 1. The molecule has 1 aliphatic rings. The summed E-state index contributed by atoms with van der Waals surface area (Å²) in [5.41, 5.74) is 2.88. The Morgan fingerprint density at radius 3 is 2.90 bits per heavy atom. The second-order valence-corrected chi connectivity index (χ2v) is 6.24. The molecule has 6 nitrogen and oxygen atoms in total. The maximum Gasteiger partial charge on any atom is 0.270 e. The number of thiophene rings is 1. The van der Waals surface area contributed by atoms with Crippen LogP contribution in [-0.4, -0.2) is 17.4 Å². The van der Waals surface area contributed by atoms with Crippen molar-refractivity contribution >= 4 is 40.8 Å². The van der Waals surface area contributed by atoms with Gasteiger partial charge in [0.15, 0.2) is 0 Å². The molecule has 1 aromatic carbocycles. The maximum absolute atomic E-state index is 11.3. The van der Waals surface area contributed by atoms with Crippen LogP contribution in [0.3, 0.4) is 0 Å². The summed E-state index contributed by atoms with van der Waals surface area (Å²) in [4.78, 5) is 22.7. The van der Waals surface area contributed by atoms with Gasteiger partial charge >= 0.3 is 0 Å². The minimum Gasteiger partial charge on any atom is -0.288 e. The molecular formula is C13H11N3O3S2. The zero-order valence-corrected chi connectivity index (χ0v) is 12.7. The van der Waals surface area contributed by atoms with E-state index in [1.807, 2.05) is 22.7 Å². The van der Waals surface area contributed by atoms with Crippen molar-refractivity contribution in [1.29, 1.82) is 0 Å². The Labute approximate surface area is 129 Å². The van der Waals surface area contributed by atoms with Crippen LogP contribution in [0.25, 0.3) is 10.4 Å². The highest BCUT2D eigenvalue weighted by molar-refractivity contribution is 7.99. The van der Waals surface area contributed by atoms with Crippen LogP contribution < -0.4 is 9.03 Å². The molecule has 1 amide bonds. The number of carbonyl (C=O) groups is 1. The van der Waals surface area contributed by atoms with Crippen molar-refractivity contribution in [1.82, 2.24) is 4.72 Å². The molecule has 1 N–H and O–H groups in total. The number of nitrogens with one attached hydrogen (secondary N) is 1. The molecule has 0 unspecified atom stereocenters. The van der Waals surface area contributed by atoms with Crippen LogP contribution in [0.15, 0.2) is 29.6 Å². The van der Waals surface area contributed by atoms with Crippen LogP contribution >= 0.6 is 23.5 Å². The monoisotopic (exact) mass is 321 g/mol. The number of hydrogen-bond acceptors (Lipinski definition) is 6. The lowest BCUT2D eigenvalue weighted by Gasteiger charge is -2.12. The van der Waals surface area contributed by atoms with E-state index in [1.165, 1.54) is 29.5 Å². The van der Waals surface area contributed by atoms with Gasteiger partial charge in [-0.15, -0.1) is 11.3 Å². The first-order valence-electron chi connectivity index (χ1n) is 6.12. The third-order valence-corrected chi connectivity index (χ3v) is 5.14. The first-order chi connectivity index (χ1) is 10.1. The summed E-state index contributed by atoms with van der Waals surface area (Å²) in [7, 11) is 0. The standard InChI is InChI=1S/C13H11N3O3S2/c1-8-11(15-6-12(17)14-21-15)7-20-13(8)9-3-2-4-10(5-9)16(18)19/h2-5,7H,6H2,1H3,(H,14,17). The van der Waals surface area contributed by atoms with Crippen molar-refractivity contribution in [2.75, 3.05) is 10.8 Å². The number of benzene rings is 1. The number of non-ortho nitro benzene ring substituents is 1. The molecule has 1 saturated heterocycles. The number of nitrogens with zero attached hydrogens (tertiary/aromatic N) is 2. The smallest absolute Gasteiger partial charge is 0.270 e. The average molecular weight is 321 g/mol. The molecule has 0 radical (unpaired) electrons. The first-order valence-corrected chi connectivity index (χ1v) is 7.78. The largest absolute Gasteiger partial charge is 0.288 e. The highest BCUT2D eigenvalue weighted by Crippen LogP contribution is 2.40. The van der Waals surface area contributed by atoms with Crippen molar-refractivity contribution in [3.05, 3.63) is 45.3 Å². The molecule has 3 rings (SSSR count). The molecule has 1 fully saturated rings. The van der Waals surface area contributed by atoms with Gasteiger partial charge in [0, 0.05) is 22.4 Å². The molecule has 108 valence electrons. The van der Waals surface area contributed by atoms with Crippen molar-refractivity contribution in [3.8, 4) is 10.4 Å².